The van der Waals surface area contributed by atoms with Crippen molar-refractivity contribution in [2.24, 2.45) is 7.05 Å². The van der Waals surface area contributed by atoms with E-state index in [-0.39, 0.29) is 42.2 Å². The minimum Gasteiger partial charge on any atom is -0.354 e. The molecule has 10 nitrogen and oxygen atoms in total. The fourth-order valence-corrected chi connectivity index (χ4v) is 3.69. The van der Waals surface area contributed by atoms with Crippen molar-refractivity contribution in [2.75, 3.05) is 0 Å². The predicted octanol–water partition coefficient (Wildman–Crippen LogP) is 2.36. The summed E-state index contributed by atoms with van der Waals surface area (Å²) < 4.78 is 7.32. The Balaban J connectivity index is 1.41. The summed E-state index contributed by atoms with van der Waals surface area (Å²) in [5, 5.41) is 11.0. The molecule has 2 aromatic carbocycles. The van der Waals surface area contributed by atoms with Gasteiger partial charge in [0.2, 0.25) is 17.6 Å². The van der Waals surface area contributed by atoms with Gasteiger partial charge in [-0.1, -0.05) is 53.2 Å². The Kier molecular flexibility index (Phi) is 7.53. The second kappa shape index (κ2) is 10.9. The Morgan fingerprint density at radius 2 is 1.78 bits per heavy atom. The summed E-state index contributed by atoms with van der Waals surface area (Å²) in [5.41, 5.74) is 1.41. The van der Waals surface area contributed by atoms with Gasteiger partial charge in [0.25, 0.3) is 5.56 Å². The predicted molar refractivity (Wildman–Crippen MR) is 134 cm³/mol. The third-order valence-corrected chi connectivity index (χ3v) is 5.82. The van der Waals surface area contributed by atoms with E-state index in [4.69, 9.17) is 4.52 Å². The van der Waals surface area contributed by atoms with E-state index in [0.717, 1.165) is 27.7 Å². The van der Waals surface area contributed by atoms with Crippen LogP contribution in [0.1, 0.15) is 36.8 Å². The maximum absolute atomic E-state index is 12.7. The molecule has 2 aromatic heterocycles. The standard InChI is InChI=1S/C26H28N6O4/c1-17-9-13-20(14-10-17)32-26(35)31(3)25(34)23(29-32)24-28-22(36-30-24)16-15-21(33)27-18(2)11-12-19-7-5-4-6-8-19/h4-10,13-14,18H,11-12,15-16H2,1-3H3,(H,27,33)/t18-/m0/s1. The van der Waals surface area contributed by atoms with E-state index < -0.39 is 11.2 Å². The summed E-state index contributed by atoms with van der Waals surface area (Å²) >= 11 is 0. The Bertz CT molecular complexity index is 1450. The van der Waals surface area contributed by atoms with Gasteiger partial charge in [-0.25, -0.2) is 4.79 Å². The number of nitrogens with zero attached hydrogens (tertiary/aromatic N) is 5. The first-order valence-corrected chi connectivity index (χ1v) is 11.8. The minimum atomic E-state index is -0.638. The highest BCUT2D eigenvalue weighted by atomic mass is 16.5. The molecule has 1 atom stereocenters. The minimum absolute atomic E-state index is 0.0194. The molecular weight excluding hydrogens is 460 g/mol. The van der Waals surface area contributed by atoms with Crippen molar-refractivity contribution in [1.82, 2.24) is 29.8 Å². The van der Waals surface area contributed by atoms with Crippen LogP contribution in [0.4, 0.5) is 0 Å². The number of carbonyl (C=O) groups excluding carboxylic acids is 1. The molecule has 4 rings (SSSR count). The number of carbonyl (C=O) groups is 1. The van der Waals surface area contributed by atoms with E-state index in [0.29, 0.717) is 5.69 Å². The smallest absolute Gasteiger partial charge is 0.351 e. The van der Waals surface area contributed by atoms with Crippen LogP contribution >= 0.6 is 0 Å². The van der Waals surface area contributed by atoms with Crippen molar-refractivity contribution in [3.8, 4) is 17.2 Å². The zero-order valence-corrected chi connectivity index (χ0v) is 20.5. The molecule has 0 saturated heterocycles. The Labute approximate surface area is 207 Å². The SMILES string of the molecule is Cc1ccc(-n2nc(-c3noc(CCC(=O)N[C@@H](C)CCc4ccccc4)n3)c(=O)n(C)c2=O)cc1. The summed E-state index contributed by atoms with van der Waals surface area (Å²) in [4.78, 5) is 41.9. The molecule has 0 fully saturated rings. The van der Waals surface area contributed by atoms with Crippen molar-refractivity contribution < 1.29 is 9.32 Å². The van der Waals surface area contributed by atoms with Crippen molar-refractivity contribution >= 4 is 5.91 Å². The van der Waals surface area contributed by atoms with Gasteiger partial charge in [-0.3, -0.25) is 14.2 Å². The summed E-state index contributed by atoms with van der Waals surface area (Å²) in [6.45, 7) is 3.90. The number of rotatable bonds is 9. The maximum atomic E-state index is 12.7. The van der Waals surface area contributed by atoms with Gasteiger partial charge in [-0.2, -0.15) is 14.8 Å². The molecule has 0 saturated carbocycles. The normalized spacial score (nSPS) is 11.9. The average Bonchev–Trinajstić information content (AvgIpc) is 3.35. The highest BCUT2D eigenvalue weighted by Crippen LogP contribution is 2.12. The molecule has 1 amide bonds. The van der Waals surface area contributed by atoms with Gasteiger partial charge in [0.05, 0.1) is 5.69 Å². The van der Waals surface area contributed by atoms with Gasteiger partial charge in [0.15, 0.2) is 5.69 Å². The summed E-state index contributed by atoms with van der Waals surface area (Å²) in [5.74, 6) is 0.0365. The van der Waals surface area contributed by atoms with Crippen LogP contribution in [-0.2, 0) is 24.7 Å². The first-order chi connectivity index (χ1) is 17.3. The van der Waals surface area contributed by atoms with E-state index in [2.05, 4.69) is 32.7 Å². The molecule has 186 valence electrons. The molecule has 0 unspecified atom stereocenters. The number of nitrogens with one attached hydrogen (secondary N) is 1. The van der Waals surface area contributed by atoms with E-state index in [1.165, 1.54) is 12.6 Å². The fourth-order valence-electron chi connectivity index (χ4n) is 3.69. The molecule has 0 radical (unpaired) electrons. The van der Waals surface area contributed by atoms with Crippen LogP contribution in [0, 0.1) is 6.92 Å². The number of amides is 1. The monoisotopic (exact) mass is 488 g/mol. The van der Waals surface area contributed by atoms with Crippen LogP contribution in [0.25, 0.3) is 17.2 Å². The number of benzene rings is 2. The lowest BCUT2D eigenvalue weighted by atomic mass is 10.1. The summed E-state index contributed by atoms with van der Waals surface area (Å²) in [6.07, 6.45) is 2.07. The Hall–Kier alpha value is -4.34. The first kappa shape index (κ1) is 24.8. The molecule has 36 heavy (non-hydrogen) atoms. The van der Waals surface area contributed by atoms with Crippen LogP contribution < -0.4 is 16.6 Å². The van der Waals surface area contributed by atoms with Gasteiger partial charge in [0.1, 0.15) is 0 Å². The van der Waals surface area contributed by atoms with Crippen molar-refractivity contribution in [2.45, 2.75) is 45.6 Å². The van der Waals surface area contributed by atoms with Gasteiger partial charge >= 0.3 is 5.69 Å². The zero-order chi connectivity index (χ0) is 25.7. The second-order valence-electron chi connectivity index (χ2n) is 8.75. The topological polar surface area (TPSA) is 125 Å². The number of hydrogen-bond donors (Lipinski definition) is 1. The molecule has 0 aliphatic carbocycles. The van der Waals surface area contributed by atoms with E-state index in [1.807, 2.05) is 44.2 Å². The average molecular weight is 489 g/mol. The molecular formula is C26H28N6O4. The third-order valence-electron chi connectivity index (χ3n) is 5.82. The van der Waals surface area contributed by atoms with Crippen molar-refractivity contribution in [3.05, 3.63) is 92.5 Å². The van der Waals surface area contributed by atoms with E-state index in [1.54, 1.807) is 12.1 Å². The summed E-state index contributed by atoms with van der Waals surface area (Å²) in [7, 11) is 1.37. The quantitative estimate of drug-likeness (QED) is 0.383. The van der Waals surface area contributed by atoms with Crippen molar-refractivity contribution in [1.29, 1.82) is 0 Å². The highest BCUT2D eigenvalue weighted by Gasteiger charge is 2.19. The molecule has 2 heterocycles. The third kappa shape index (κ3) is 5.83. The van der Waals surface area contributed by atoms with Gasteiger partial charge < -0.3 is 9.84 Å². The lowest BCUT2D eigenvalue weighted by Gasteiger charge is -2.13. The largest absolute Gasteiger partial charge is 0.354 e. The first-order valence-electron chi connectivity index (χ1n) is 11.8. The molecule has 0 spiro atoms. The molecule has 0 bridgehead atoms. The Morgan fingerprint density at radius 1 is 1.06 bits per heavy atom. The number of hydrogen-bond acceptors (Lipinski definition) is 7. The van der Waals surface area contributed by atoms with Gasteiger partial charge in [0, 0.05) is 25.9 Å². The van der Waals surface area contributed by atoms with Crippen LogP contribution in [0.5, 0.6) is 0 Å². The molecule has 10 heteroatoms. The Morgan fingerprint density at radius 3 is 2.50 bits per heavy atom. The van der Waals surface area contributed by atoms with Crippen LogP contribution in [0.15, 0.2) is 68.7 Å². The maximum Gasteiger partial charge on any atom is 0.351 e. The van der Waals surface area contributed by atoms with E-state index >= 15 is 0 Å². The second-order valence-corrected chi connectivity index (χ2v) is 8.75. The molecule has 0 aliphatic heterocycles. The van der Waals surface area contributed by atoms with E-state index in [9.17, 15) is 14.4 Å². The number of aromatic nitrogens is 5. The lowest BCUT2D eigenvalue weighted by Crippen LogP contribution is -2.40. The molecule has 1 N–H and O–H groups in total. The fraction of sp³-hybridized carbons (Fsp3) is 0.308. The summed E-state index contributed by atoms with van der Waals surface area (Å²) in [6, 6.07) is 17.3. The van der Waals surface area contributed by atoms with Crippen LogP contribution in [-0.4, -0.2) is 36.4 Å². The van der Waals surface area contributed by atoms with Gasteiger partial charge in [-0.05, 0) is 44.4 Å². The number of aryl methyl sites for hydroxylation is 3. The van der Waals surface area contributed by atoms with Crippen LogP contribution in [0.3, 0.4) is 0 Å². The van der Waals surface area contributed by atoms with Gasteiger partial charge in [-0.15, -0.1) is 0 Å². The highest BCUT2D eigenvalue weighted by molar-refractivity contribution is 5.76. The lowest BCUT2D eigenvalue weighted by molar-refractivity contribution is -0.121. The van der Waals surface area contributed by atoms with Crippen molar-refractivity contribution in [3.63, 3.8) is 0 Å². The zero-order valence-electron chi connectivity index (χ0n) is 20.5. The van der Waals surface area contributed by atoms with Crippen LogP contribution in [0.2, 0.25) is 0 Å². The molecule has 0 aliphatic rings. The molecule has 4 aromatic rings.